The maximum atomic E-state index is 15.6. The average molecular weight is 569 g/mol. The van der Waals surface area contributed by atoms with Crippen LogP contribution in [0.2, 0.25) is 5.02 Å². The summed E-state index contributed by atoms with van der Waals surface area (Å²) in [4.78, 5) is 32.2. The van der Waals surface area contributed by atoms with Crippen LogP contribution in [0, 0.1) is 23.0 Å². The molecule has 1 aliphatic rings. The van der Waals surface area contributed by atoms with Crippen molar-refractivity contribution >= 4 is 46.6 Å². The van der Waals surface area contributed by atoms with E-state index in [0.29, 0.717) is 16.1 Å². The van der Waals surface area contributed by atoms with E-state index in [4.69, 9.17) is 16.3 Å². The van der Waals surface area contributed by atoms with Crippen molar-refractivity contribution in [2.75, 3.05) is 34.8 Å². The fourth-order valence-corrected chi connectivity index (χ4v) is 4.40. The number of hydrogen-bond donors (Lipinski definition) is 2. The second-order valence-electron chi connectivity index (χ2n) is 9.87. The van der Waals surface area contributed by atoms with Crippen molar-refractivity contribution in [3.63, 3.8) is 0 Å². The van der Waals surface area contributed by atoms with Gasteiger partial charge in [0, 0.05) is 42.6 Å². The summed E-state index contributed by atoms with van der Waals surface area (Å²) in [7, 11) is 0. The van der Waals surface area contributed by atoms with Crippen LogP contribution in [0.25, 0.3) is 11.1 Å². The molecule has 40 heavy (non-hydrogen) atoms. The lowest BCUT2D eigenvalue weighted by atomic mass is 10.0. The molecule has 3 aromatic rings. The number of anilines is 4. The fraction of sp³-hybridized carbons (Fsp3) is 0.286. The van der Waals surface area contributed by atoms with Crippen molar-refractivity contribution < 1.29 is 23.1 Å². The Morgan fingerprint density at radius 3 is 2.45 bits per heavy atom. The topological polar surface area (TPSA) is 111 Å². The lowest BCUT2D eigenvalue weighted by molar-refractivity contribution is 0.0530. The van der Waals surface area contributed by atoms with Crippen LogP contribution in [0.3, 0.4) is 0 Å². The molecule has 0 aliphatic carbocycles. The number of urea groups is 1. The SMILES string of the molecule is CCN1C(=O)N(c2c(F)cc(NCCNC(=O)OC(C)(C)C)cc2F)c2cc(C#N)ccc2-c2cc(Cl)cnc21. The normalized spacial score (nSPS) is 12.7. The summed E-state index contributed by atoms with van der Waals surface area (Å²) in [5.74, 6) is -1.77. The lowest BCUT2D eigenvalue weighted by Crippen LogP contribution is -2.41. The van der Waals surface area contributed by atoms with Crippen molar-refractivity contribution in [1.29, 1.82) is 5.26 Å². The molecule has 0 radical (unpaired) electrons. The summed E-state index contributed by atoms with van der Waals surface area (Å²) < 4.78 is 36.4. The number of alkyl carbamates (subject to hydrolysis) is 1. The van der Waals surface area contributed by atoms with Gasteiger partial charge in [0.1, 0.15) is 17.1 Å². The van der Waals surface area contributed by atoms with Crippen molar-refractivity contribution in [3.05, 3.63) is 64.8 Å². The summed E-state index contributed by atoms with van der Waals surface area (Å²) >= 11 is 6.21. The number of benzene rings is 2. The first-order valence-corrected chi connectivity index (χ1v) is 12.8. The van der Waals surface area contributed by atoms with E-state index in [1.165, 1.54) is 17.2 Å². The Bertz CT molecular complexity index is 1500. The number of pyridine rings is 1. The van der Waals surface area contributed by atoms with Gasteiger partial charge in [-0.25, -0.2) is 23.4 Å². The van der Waals surface area contributed by atoms with Crippen LogP contribution in [-0.4, -0.2) is 42.3 Å². The Hall–Kier alpha value is -4.43. The molecule has 2 aromatic carbocycles. The molecule has 0 fully saturated rings. The van der Waals surface area contributed by atoms with E-state index in [9.17, 15) is 14.9 Å². The van der Waals surface area contributed by atoms with E-state index in [2.05, 4.69) is 15.6 Å². The molecular weight excluding hydrogens is 542 g/mol. The smallest absolute Gasteiger partial charge is 0.407 e. The van der Waals surface area contributed by atoms with Gasteiger partial charge in [0.2, 0.25) is 0 Å². The first-order valence-electron chi connectivity index (χ1n) is 12.4. The predicted octanol–water partition coefficient (Wildman–Crippen LogP) is 6.59. The van der Waals surface area contributed by atoms with Gasteiger partial charge in [0.05, 0.1) is 22.3 Å². The van der Waals surface area contributed by atoms with E-state index in [-0.39, 0.29) is 42.4 Å². The lowest BCUT2D eigenvalue weighted by Gasteiger charge is -2.28. The minimum absolute atomic E-state index is 0.0992. The molecule has 208 valence electrons. The molecule has 12 heteroatoms. The van der Waals surface area contributed by atoms with E-state index >= 15 is 8.78 Å². The maximum Gasteiger partial charge on any atom is 0.407 e. The second-order valence-corrected chi connectivity index (χ2v) is 10.3. The maximum absolute atomic E-state index is 15.6. The highest BCUT2D eigenvalue weighted by Gasteiger charge is 2.36. The Balaban J connectivity index is 1.70. The number of hydrogen-bond acceptors (Lipinski definition) is 6. The Kier molecular flexibility index (Phi) is 8.11. The molecule has 0 spiro atoms. The van der Waals surface area contributed by atoms with Crippen molar-refractivity contribution in [2.45, 2.75) is 33.3 Å². The number of fused-ring (bicyclic) bond motifs is 3. The summed E-state index contributed by atoms with van der Waals surface area (Å²) in [6.07, 6.45) is 0.767. The Morgan fingerprint density at radius 1 is 1.12 bits per heavy atom. The molecule has 1 aliphatic heterocycles. The number of nitrogens with zero attached hydrogens (tertiary/aromatic N) is 4. The zero-order valence-electron chi connectivity index (χ0n) is 22.3. The van der Waals surface area contributed by atoms with Crippen LogP contribution < -0.4 is 20.4 Å². The highest BCUT2D eigenvalue weighted by atomic mass is 35.5. The number of rotatable bonds is 6. The van der Waals surface area contributed by atoms with Crippen LogP contribution in [0.4, 0.5) is 41.2 Å². The monoisotopic (exact) mass is 568 g/mol. The van der Waals surface area contributed by atoms with Gasteiger partial charge in [-0.3, -0.25) is 9.80 Å². The number of carbonyl (C=O) groups is 2. The third-order valence-corrected chi connectivity index (χ3v) is 6.05. The highest BCUT2D eigenvalue weighted by molar-refractivity contribution is 6.31. The number of carbonyl (C=O) groups excluding carboxylic acids is 2. The first-order chi connectivity index (χ1) is 18.9. The molecule has 0 atom stereocenters. The third-order valence-electron chi connectivity index (χ3n) is 5.85. The zero-order chi connectivity index (χ0) is 29.2. The molecule has 0 saturated heterocycles. The first kappa shape index (κ1) is 28.6. The van der Waals surface area contributed by atoms with Crippen LogP contribution in [-0.2, 0) is 4.74 Å². The van der Waals surface area contributed by atoms with Crippen molar-refractivity contribution in [2.24, 2.45) is 0 Å². The summed E-state index contributed by atoms with van der Waals surface area (Å²) in [5.41, 5.74) is 0.00985. The van der Waals surface area contributed by atoms with Gasteiger partial charge < -0.3 is 15.4 Å². The molecule has 1 aromatic heterocycles. The predicted molar refractivity (Wildman–Crippen MR) is 149 cm³/mol. The van der Waals surface area contributed by atoms with Crippen LogP contribution >= 0.6 is 11.6 Å². The van der Waals surface area contributed by atoms with E-state index < -0.39 is 35.0 Å². The number of nitriles is 1. The average Bonchev–Trinajstić information content (AvgIpc) is 2.97. The molecule has 2 heterocycles. The Labute approximate surface area is 235 Å². The fourth-order valence-electron chi connectivity index (χ4n) is 4.24. The largest absolute Gasteiger partial charge is 0.444 e. The molecule has 2 N–H and O–H groups in total. The molecule has 9 nitrogen and oxygen atoms in total. The van der Waals surface area contributed by atoms with Crippen LogP contribution in [0.5, 0.6) is 0 Å². The molecule has 4 rings (SSSR count). The van der Waals surface area contributed by atoms with Gasteiger partial charge >= 0.3 is 12.1 Å². The summed E-state index contributed by atoms with van der Waals surface area (Å²) in [6.45, 7) is 7.33. The highest BCUT2D eigenvalue weighted by Crippen LogP contribution is 2.45. The van der Waals surface area contributed by atoms with Gasteiger partial charge in [-0.1, -0.05) is 17.7 Å². The molecule has 0 unspecified atom stereocenters. The minimum Gasteiger partial charge on any atom is -0.444 e. The molecule has 0 saturated carbocycles. The zero-order valence-corrected chi connectivity index (χ0v) is 23.1. The number of ether oxygens (including phenoxy) is 1. The standard InChI is InChI=1S/C28H27ClF2N6O3/c1-5-36-25-20(11-17(29)15-35-25)19-7-6-16(14-32)10-23(19)37(27(36)39)24-21(30)12-18(13-22(24)31)33-8-9-34-26(38)40-28(2,3)4/h6-7,10-13,15,33H,5,8-9H2,1-4H3,(H,34,38). The van der Waals surface area contributed by atoms with E-state index in [1.54, 1.807) is 45.9 Å². The summed E-state index contributed by atoms with van der Waals surface area (Å²) in [5, 5.41) is 15.2. The minimum atomic E-state index is -1.02. The second kappa shape index (κ2) is 11.4. The molecule has 0 bridgehead atoms. The van der Waals surface area contributed by atoms with Gasteiger partial charge in [-0.15, -0.1) is 0 Å². The number of aromatic nitrogens is 1. The van der Waals surface area contributed by atoms with Gasteiger partial charge in [0.15, 0.2) is 11.6 Å². The van der Waals surface area contributed by atoms with E-state index in [1.807, 2.05) is 6.07 Å². The molecule has 3 amide bonds. The number of nitrogens with one attached hydrogen (secondary N) is 2. The number of amides is 3. The van der Waals surface area contributed by atoms with Crippen LogP contribution in [0.15, 0.2) is 42.6 Å². The van der Waals surface area contributed by atoms with E-state index in [0.717, 1.165) is 17.0 Å². The van der Waals surface area contributed by atoms with Gasteiger partial charge in [0.25, 0.3) is 0 Å². The van der Waals surface area contributed by atoms with Gasteiger partial charge in [-0.05, 0) is 58.0 Å². The summed E-state index contributed by atoms with van der Waals surface area (Å²) in [6, 6.07) is 9.48. The van der Waals surface area contributed by atoms with Crippen molar-refractivity contribution in [1.82, 2.24) is 10.3 Å². The Morgan fingerprint density at radius 2 is 1.82 bits per heavy atom. The molecular formula is C28H27ClF2N6O3. The van der Waals surface area contributed by atoms with Crippen molar-refractivity contribution in [3.8, 4) is 17.2 Å². The number of halogens is 3. The third kappa shape index (κ3) is 5.92. The van der Waals surface area contributed by atoms with Crippen LogP contribution in [0.1, 0.15) is 33.3 Å². The quantitative estimate of drug-likeness (QED) is 0.325. The van der Waals surface area contributed by atoms with Gasteiger partial charge in [-0.2, -0.15) is 5.26 Å².